The lowest BCUT2D eigenvalue weighted by Crippen LogP contribution is -2.24. The van der Waals surface area contributed by atoms with E-state index in [-0.39, 0.29) is 18.5 Å². The van der Waals surface area contributed by atoms with Crippen LogP contribution in [-0.2, 0) is 13.0 Å². The Kier molecular flexibility index (Phi) is 5.27. The molecule has 0 heterocycles. The first-order valence-electron chi connectivity index (χ1n) is 6.91. The molecule has 20 heavy (non-hydrogen) atoms. The summed E-state index contributed by atoms with van der Waals surface area (Å²) in [7, 11) is 0. The Morgan fingerprint density at radius 2 is 1.80 bits per heavy atom. The Bertz CT molecular complexity index is 539. The number of hydrogen-bond acceptors (Lipinski definition) is 2. The van der Waals surface area contributed by atoms with Crippen LogP contribution in [0.25, 0.3) is 0 Å². The van der Waals surface area contributed by atoms with Crippen LogP contribution in [0, 0.1) is 5.82 Å². The highest BCUT2D eigenvalue weighted by Gasteiger charge is 2.10. The Hall–Kier alpha value is -1.71. The molecule has 1 unspecified atom stereocenters. The van der Waals surface area contributed by atoms with Gasteiger partial charge in [0.05, 0.1) is 12.6 Å². The average Bonchev–Trinajstić information content (AvgIpc) is 2.50. The molecule has 2 aromatic carbocycles. The summed E-state index contributed by atoms with van der Waals surface area (Å²) in [6, 6.07) is 14.6. The van der Waals surface area contributed by atoms with Gasteiger partial charge in [-0.2, -0.15) is 0 Å². The van der Waals surface area contributed by atoms with Crippen LogP contribution in [0.3, 0.4) is 0 Å². The van der Waals surface area contributed by atoms with Gasteiger partial charge in [-0.25, -0.2) is 4.39 Å². The molecule has 2 N–H and O–H groups in total. The van der Waals surface area contributed by atoms with Gasteiger partial charge in [0, 0.05) is 12.1 Å². The molecule has 3 heteroatoms. The summed E-state index contributed by atoms with van der Waals surface area (Å²) >= 11 is 0. The first-order valence-corrected chi connectivity index (χ1v) is 6.91. The van der Waals surface area contributed by atoms with Gasteiger partial charge in [-0.05, 0) is 23.6 Å². The predicted octanol–water partition coefficient (Wildman–Crippen LogP) is 3.21. The molecule has 2 rings (SSSR count). The molecule has 0 aliphatic heterocycles. The topological polar surface area (TPSA) is 32.3 Å². The van der Waals surface area contributed by atoms with Crippen molar-refractivity contribution in [3.8, 4) is 0 Å². The summed E-state index contributed by atoms with van der Waals surface area (Å²) in [6.07, 6.45) is 0.993. The molecule has 0 saturated carbocycles. The second-order valence-electron chi connectivity index (χ2n) is 4.80. The van der Waals surface area contributed by atoms with Crippen LogP contribution in [0.4, 0.5) is 4.39 Å². The molecule has 1 atom stereocenters. The molecular weight excluding hydrogens is 253 g/mol. The lowest BCUT2D eigenvalue weighted by atomic mass is 10.0. The van der Waals surface area contributed by atoms with Gasteiger partial charge in [0.25, 0.3) is 0 Å². The molecule has 0 saturated heterocycles. The number of halogens is 1. The zero-order valence-corrected chi connectivity index (χ0v) is 11.6. The van der Waals surface area contributed by atoms with Crippen LogP contribution in [0.15, 0.2) is 48.5 Å². The molecule has 0 amide bonds. The average molecular weight is 273 g/mol. The van der Waals surface area contributed by atoms with Gasteiger partial charge in [-0.3, -0.25) is 0 Å². The van der Waals surface area contributed by atoms with Crippen molar-refractivity contribution in [1.29, 1.82) is 0 Å². The van der Waals surface area contributed by atoms with E-state index in [4.69, 9.17) is 0 Å². The minimum absolute atomic E-state index is 0.0140. The van der Waals surface area contributed by atoms with Crippen LogP contribution in [0.1, 0.15) is 29.7 Å². The molecular formula is C17H20FNO. The maximum atomic E-state index is 13.5. The van der Waals surface area contributed by atoms with E-state index in [1.165, 1.54) is 11.6 Å². The third-order valence-electron chi connectivity index (χ3n) is 3.47. The summed E-state index contributed by atoms with van der Waals surface area (Å²) in [5.41, 5.74) is 2.89. The van der Waals surface area contributed by atoms with Crippen molar-refractivity contribution in [2.45, 2.75) is 25.9 Å². The van der Waals surface area contributed by atoms with Gasteiger partial charge >= 0.3 is 0 Å². The summed E-state index contributed by atoms with van der Waals surface area (Å²) in [6.45, 7) is 2.49. The third-order valence-corrected chi connectivity index (χ3v) is 3.47. The van der Waals surface area contributed by atoms with E-state index in [1.54, 1.807) is 12.1 Å². The summed E-state index contributed by atoms with van der Waals surface area (Å²) in [5.74, 6) is -0.224. The van der Waals surface area contributed by atoms with Crippen molar-refractivity contribution < 1.29 is 9.50 Å². The van der Waals surface area contributed by atoms with E-state index in [0.717, 1.165) is 12.0 Å². The second-order valence-corrected chi connectivity index (χ2v) is 4.80. The predicted molar refractivity (Wildman–Crippen MR) is 78.9 cm³/mol. The fourth-order valence-electron chi connectivity index (χ4n) is 2.15. The van der Waals surface area contributed by atoms with E-state index >= 15 is 0 Å². The van der Waals surface area contributed by atoms with E-state index in [0.29, 0.717) is 12.1 Å². The standard InChI is InChI=1S/C17H20FNO/c1-2-13-7-9-14(10-8-13)17(12-20)19-11-15-5-3-4-6-16(15)18/h3-10,17,19-20H,2,11-12H2,1H3. The van der Waals surface area contributed by atoms with Gasteiger partial charge in [-0.1, -0.05) is 49.4 Å². The van der Waals surface area contributed by atoms with Crippen LogP contribution in [0.2, 0.25) is 0 Å². The Morgan fingerprint density at radius 3 is 2.40 bits per heavy atom. The fraction of sp³-hybridized carbons (Fsp3) is 0.294. The molecule has 106 valence electrons. The second kappa shape index (κ2) is 7.17. The van der Waals surface area contributed by atoms with E-state index in [2.05, 4.69) is 24.4 Å². The van der Waals surface area contributed by atoms with Crippen LogP contribution in [0.5, 0.6) is 0 Å². The smallest absolute Gasteiger partial charge is 0.127 e. The van der Waals surface area contributed by atoms with Gasteiger partial charge in [0.1, 0.15) is 5.82 Å². The minimum atomic E-state index is -0.224. The van der Waals surface area contributed by atoms with Gasteiger partial charge in [0.2, 0.25) is 0 Å². The highest BCUT2D eigenvalue weighted by atomic mass is 19.1. The molecule has 0 aliphatic rings. The number of hydrogen-bond donors (Lipinski definition) is 2. The highest BCUT2D eigenvalue weighted by molar-refractivity contribution is 5.25. The van der Waals surface area contributed by atoms with Crippen LogP contribution >= 0.6 is 0 Å². The quantitative estimate of drug-likeness (QED) is 0.847. The Labute approximate surface area is 119 Å². The molecule has 0 aromatic heterocycles. The largest absolute Gasteiger partial charge is 0.394 e. The number of aliphatic hydroxyl groups excluding tert-OH is 1. The normalized spacial score (nSPS) is 12.3. The Balaban J connectivity index is 2.03. The minimum Gasteiger partial charge on any atom is -0.394 e. The molecule has 0 aliphatic carbocycles. The highest BCUT2D eigenvalue weighted by Crippen LogP contribution is 2.15. The number of aryl methyl sites for hydroxylation is 1. The molecule has 2 nitrogen and oxygen atoms in total. The maximum Gasteiger partial charge on any atom is 0.127 e. The van der Waals surface area contributed by atoms with Crippen LogP contribution in [-0.4, -0.2) is 11.7 Å². The zero-order chi connectivity index (χ0) is 14.4. The third kappa shape index (κ3) is 3.65. The zero-order valence-electron chi connectivity index (χ0n) is 11.6. The number of rotatable bonds is 6. The van der Waals surface area contributed by atoms with Crippen molar-refractivity contribution >= 4 is 0 Å². The van der Waals surface area contributed by atoms with Gasteiger partial charge in [0.15, 0.2) is 0 Å². The van der Waals surface area contributed by atoms with Crippen molar-refractivity contribution in [2.24, 2.45) is 0 Å². The molecule has 0 fully saturated rings. The fourth-order valence-corrected chi connectivity index (χ4v) is 2.15. The van der Waals surface area contributed by atoms with E-state index in [1.807, 2.05) is 18.2 Å². The lowest BCUT2D eigenvalue weighted by molar-refractivity contribution is 0.243. The summed E-state index contributed by atoms with van der Waals surface area (Å²) in [5, 5.41) is 12.7. The number of benzene rings is 2. The SMILES string of the molecule is CCc1ccc(C(CO)NCc2ccccc2F)cc1. The first kappa shape index (κ1) is 14.7. The Morgan fingerprint density at radius 1 is 1.10 bits per heavy atom. The van der Waals surface area contributed by atoms with E-state index in [9.17, 15) is 9.50 Å². The van der Waals surface area contributed by atoms with Crippen molar-refractivity contribution in [3.63, 3.8) is 0 Å². The first-order chi connectivity index (χ1) is 9.74. The van der Waals surface area contributed by atoms with Gasteiger partial charge < -0.3 is 10.4 Å². The molecule has 0 radical (unpaired) electrons. The summed E-state index contributed by atoms with van der Waals surface area (Å²) in [4.78, 5) is 0. The summed E-state index contributed by atoms with van der Waals surface area (Å²) < 4.78 is 13.5. The molecule has 0 bridgehead atoms. The van der Waals surface area contributed by atoms with Crippen molar-refractivity contribution in [1.82, 2.24) is 5.32 Å². The monoisotopic (exact) mass is 273 g/mol. The maximum absolute atomic E-state index is 13.5. The molecule has 0 spiro atoms. The number of nitrogens with one attached hydrogen (secondary N) is 1. The number of aliphatic hydroxyl groups is 1. The van der Waals surface area contributed by atoms with E-state index < -0.39 is 0 Å². The van der Waals surface area contributed by atoms with Crippen molar-refractivity contribution in [3.05, 3.63) is 71.0 Å². The molecule has 2 aromatic rings. The van der Waals surface area contributed by atoms with Crippen LogP contribution < -0.4 is 5.32 Å². The van der Waals surface area contributed by atoms with Crippen molar-refractivity contribution in [2.75, 3.05) is 6.61 Å². The lowest BCUT2D eigenvalue weighted by Gasteiger charge is -2.17. The van der Waals surface area contributed by atoms with Gasteiger partial charge in [-0.15, -0.1) is 0 Å².